The number of amides is 2. The normalized spacial score (nSPS) is 24.8. The van der Waals surface area contributed by atoms with Crippen molar-refractivity contribution in [3.8, 4) is 0 Å². The molecule has 3 rings (SSSR count). The van der Waals surface area contributed by atoms with Crippen molar-refractivity contribution >= 4 is 11.8 Å². The molecule has 0 aromatic heterocycles. The van der Waals surface area contributed by atoms with E-state index in [0.29, 0.717) is 5.92 Å². The summed E-state index contributed by atoms with van der Waals surface area (Å²) in [6.45, 7) is 8.27. The molecule has 1 saturated carbocycles. The van der Waals surface area contributed by atoms with Crippen LogP contribution in [-0.2, 0) is 14.3 Å². The van der Waals surface area contributed by atoms with Crippen LogP contribution < -0.4 is 5.32 Å². The van der Waals surface area contributed by atoms with Crippen molar-refractivity contribution in [2.24, 2.45) is 5.92 Å². The summed E-state index contributed by atoms with van der Waals surface area (Å²) in [5.74, 6) is 0.361. The number of rotatable bonds is 6. The monoisotopic (exact) mass is 358 g/mol. The maximum Gasteiger partial charge on any atom is 0.252 e. The lowest BCUT2D eigenvalue weighted by Crippen LogP contribution is -2.57. The van der Waals surface area contributed by atoms with Gasteiger partial charge in [-0.1, -0.05) is 44.2 Å². The van der Waals surface area contributed by atoms with Gasteiger partial charge in [-0.3, -0.25) is 9.59 Å². The highest BCUT2D eigenvalue weighted by atomic mass is 16.5. The van der Waals surface area contributed by atoms with Crippen LogP contribution in [0.1, 0.15) is 58.6 Å². The molecule has 2 aliphatic rings. The van der Waals surface area contributed by atoms with Gasteiger partial charge < -0.3 is 15.0 Å². The third kappa shape index (κ3) is 3.93. The number of nitrogens with zero attached hydrogens (tertiary/aromatic N) is 1. The molecule has 0 spiro atoms. The molecule has 0 unspecified atom stereocenters. The molecule has 2 amide bonds. The van der Waals surface area contributed by atoms with Crippen LogP contribution in [0.25, 0.3) is 0 Å². The van der Waals surface area contributed by atoms with Gasteiger partial charge in [0.2, 0.25) is 5.91 Å². The average Bonchev–Trinajstić information content (AvgIpc) is 3.32. The number of hydrogen-bond acceptors (Lipinski definition) is 3. The smallest absolute Gasteiger partial charge is 0.252 e. The highest BCUT2D eigenvalue weighted by molar-refractivity contribution is 5.87. The lowest BCUT2D eigenvalue weighted by Gasteiger charge is -2.43. The minimum atomic E-state index is -0.679. The summed E-state index contributed by atoms with van der Waals surface area (Å²) in [4.78, 5) is 27.4. The predicted octanol–water partition coefficient (Wildman–Crippen LogP) is 3.06. The Bertz CT molecular complexity index is 652. The first-order valence-electron chi connectivity index (χ1n) is 9.63. The molecule has 1 heterocycles. The molecule has 1 aliphatic heterocycles. The van der Waals surface area contributed by atoms with E-state index < -0.39 is 12.1 Å². The first-order chi connectivity index (χ1) is 12.3. The first-order valence-corrected chi connectivity index (χ1v) is 9.63. The number of benzene rings is 1. The average molecular weight is 358 g/mol. The van der Waals surface area contributed by atoms with Gasteiger partial charge in [-0.2, -0.15) is 0 Å². The van der Waals surface area contributed by atoms with Crippen molar-refractivity contribution in [3.63, 3.8) is 0 Å². The molecule has 26 heavy (non-hydrogen) atoms. The van der Waals surface area contributed by atoms with Gasteiger partial charge in [0.15, 0.2) is 6.10 Å². The van der Waals surface area contributed by atoms with E-state index in [1.54, 1.807) is 4.90 Å². The first kappa shape index (κ1) is 18.9. The summed E-state index contributed by atoms with van der Waals surface area (Å²) in [5, 5.41) is 3.24. The van der Waals surface area contributed by atoms with Crippen LogP contribution in [-0.4, -0.2) is 41.0 Å². The van der Waals surface area contributed by atoms with E-state index in [9.17, 15) is 9.59 Å². The summed E-state index contributed by atoms with van der Waals surface area (Å²) in [6.07, 6.45) is 2.34. The van der Waals surface area contributed by atoms with Gasteiger partial charge in [0, 0.05) is 11.6 Å². The van der Waals surface area contributed by atoms with Crippen molar-refractivity contribution in [2.75, 3.05) is 6.61 Å². The highest BCUT2D eigenvalue weighted by Crippen LogP contribution is 2.42. The van der Waals surface area contributed by atoms with Crippen molar-refractivity contribution < 1.29 is 14.3 Å². The van der Waals surface area contributed by atoms with E-state index in [4.69, 9.17) is 4.74 Å². The summed E-state index contributed by atoms with van der Waals surface area (Å²) in [7, 11) is 0. The molecule has 142 valence electrons. The molecule has 1 aliphatic carbocycles. The Labute approximate surface area is 156 Å². The highest BCUT2D eigenvalue weighted by Gasteiger charge is 2.48. The number of nitrogens with one attached hydrogen (secondary N) is 1. The van der Waals surface area contributed by atoms with Gasteiger partial charge >= 0.3 is 0 Å². The molecule has 5 nitrogen and oxygen atoms in total. The van der Waals surface area contributed by atoms with Crippen LogP contribution in [0.2, 0.25) is 0 Å². The summed E-state index contributed by atoms with van der Waals surface area (Å²) >= 11 is 0. The lowest BCUT2D eigenvalue weighted by molar-refractivity contribution is -0.167. The number of carbonyl (C=O) groups is 2. The third-order valence-corrected chi connectivity index (χ3v) is 5.26. The van der Waals surface area contributed by atoms with Crippen LogP contribution in [0.4, 0.5) is 0 Å². The van der Waals surface area contributed by atoms with Crippen molar-refractivity contribution in [2.45, 2.75) is 70.7 Å². The number of hydrogen-bond donors (Lipinski definition) is 1. The fourth-order valence-corrected chi connectivity index (χ4v) is 4.09. The Kier molecular flexibility index (Phi) is 5.37. The van der Waals surface area contributed by atoms with Gasteiger partial charge in [-0.05, 0) is 44.6 Å². The van der Waals surface area contributed by atoms with E-state index in [1.807, 2.05) is 44.2 Å². The van der Waals surface area contributed by atoms with Crippen LogP contribution in [0.3, 0.4) is 0 Å². The molecule has 2 atom stereocenters. The van der Waals surface area contributed by atoms with Gasteiger partial charge in [-0.25, -0.2) is 0 Å². The molecular formula is C21H30N2O3. The Morgan fingerprint density at radius 3 is 2.42 bits per heavy atom. The van der Waals surface area contributed by atoms with E-state index in [0.717, 1.165) is 24.8 Å². The van der Waals surface area contributed by atoms with Gasteiger partial charge in [0.05, 0.1) is 6.04 Å². The molecular weight excluding hydrogens is 328 g/mol. The maximum absolute atomic E-state index is 13.1. The number of ether oxygens (including phenoxy) is 1. The van der Waals surface area contributed by atoms with E-state index in [2.05, 4.69) is 19.2 Å². The summed E-state index contributed by atoms with van der Waals surface area (Å²) < 4.78 is 5.77. The summed E-state index contributed by atoms with van der Waals surface area (Å²) in [6, 6.07) is 9.33. The van der Waals surface area contributed by atoms with Crippen molar-refractivity contribution in [1.82, 2.24) is 10.2 Å². The number of carbonyl (C=O) groups excluding carboxylic acids is 2. The minimum Gasteiger partial charge on any atom is -0.356 e. The molecule has 5 heteroatoms. The van der Waals surface area contributed by atoms with E-state index in [-0.39, 0.29) is 30.0 Å². The van der Waals surface area contributed by atoms with Gasteiger partial charge in [0.1, 0.15) is 6.61 Å². The molecule has 1 N–H and O–H groups in total. The SMILES string of the molecule is CC(C)CC1(NC(=O)[C@H]2OCC(=O)N(C(C)C)[C@@H]2c2ccccc2)CC1. The predicted molar refractivity (Wildman–Crippen MR) is 100 cm³/mol. The third-order valence-electron chi connectivity index (χ3n) is 5.26. The van der Waals surface area contributed by atoms with Crippen LogP contribution >= 0.6 is 0 Å². The van der Waals surface area contributed by atoms with Gasteiger partial charge in [-0.15, -0.1) is 0 Å². The maximum atomic E-state index is 13.1. The largest absolute Gasteiger partial charge is 0.356 e. The fraction of sp³-hybridized carbons (Fsp3) is 0.619. The Balaban J connectivity index is 1.86. The molecule has 0 radical (unpaired) electrons. The van der Waals surface area contributed by atoms with E-state index in [1.165, 1.54) is 0 Å². The Hall–Kier alpha value is -1.88. The molecule has 1 aromatic carbocycles. The quantitative estimate of drug-likeness (QED) is 0.850. The van der Waals surface area contributed by atoms with Crippen molar-refractivity contribution in [1.29, 1.82) is 0 Å². The fourth-order valence-electron chi connectivity index (χ4n) is 4.09. The molecule has 1 saturated heterocycles. The Morgan fingerprint density at radius 1 is 1.23 bits per heavy atom. The van der Waals surface area contributed by atoms with Crippen LogP contribution in [0.15, 0.2) is 30.3 Å². The zero-order chi connectivity index (χ0) is 18.9. The second-order valence-corrected chi connectivity index (χ2v) is 8.35. The zero-order valence-electron chi connectivity index (χ0n) is 16.2. The van der Waals surface area contributed by atoms with Crippen LogP contribution in [0.5, 0.6) is 0 Å². The summed E-state index contributed by atoms with van der Waals surface area (Å²) in [5.41, 5.74) is 0.850. The lowest BCUT2D eigenvalue weighted by atomic mass is 9.95. The standard InChI is InChI=1S/C21H30N2O3/c1-14(2)12-21(10-11-21)22-20(25)19-18(16-8-6-5-7-9-16)23(15(3)4)17(24)13-26-19/h5-9,14-15,18-19H,10-13H2,1-4H3,(H,22,25)/t18-,19+/m1/s1. The Morgan fingerprint density at radius 2 is 1.88 bits per heavy atom. The molecule has 0 bridgehead atoms. The molecule has 2 fully saturated rings. The van der Waals surface area contributed by atoms with Gasteiger partial charge in [0.25, 0.3) is 5.91 Å². The molecule has 1 aromatic rings. The van der Waals surface area contributed by atoms with Crippen LogP contribution in [0, 0.1) is 5.92 Å². The zero-order valence-corrected chi connectivity index (χ0v) is 16.2. The number of morpholine rings is 1. The second kappa shape index (κ2) is 7.39. The topological polar surface area (TPSA) is 58.6 Å². The van der Waals surface area contributed by atoms with E-state index >= 15 is 0 Å². The second-order valence-electron chi connectivity index (χ2n) is 8.35. The van der Waals surface area contributed by atoms with Crippen molar-refractivity contribution in [3.05, 3.63) is 35.9 Å². The minimum absolute atomic E-state index is 0.00236.